The highest BCUT2D eigenvalue weighted by atomic mass is 35.5. The molecule has 5 nitrogen and oxygen atoms in total. The van der Waals surface area contributed by atoms with Crippen LogP contribution in [0.25, 0.3) is 0 Å². The van der Waals surface area contributed by atoms with Crippen LogP contribution < -0.4 is 39.6 Å². The molecule has 1 N–H and O–H groups in total. The fourth-order valence-corrected chi connectivity index (χ4v) is 2.38. The molecule has 2 rings (SSSR count). The largest absolute Gasteiger partial charge is 1.00 e. The molecule has 0 spiro atoms. The Morgan fingerprint density at radius 2 is 1.86 bits per heavy atom. The first-order chi connectivity index (χ1) is 9.85. The third-order valence-electron chi connectivity index (χ3n) is 3.51. The Kier molecular flexibility index (Phi) is 11.4. The molecule has 1 aromatic carbocycles. The van der Waals surface area contributed by atoms with Gasteiger partial charge in [0.2, 0.25) is 0 Å². The van der Waals surface area contributed by atoms with Crippen molar-refractivity contribution >= 4 is 0 Å². The van der Waals surface area contributed by atoms with Gasteiger partial charge >= 0.3 is 0 Å². The number of nitrogens with zero attached hydrogens (tertiary/aromatic N) is 1. The third kappa shape index (κ3) is 6.18. The van der Waals surface area contributed by atoms with Gasteiger partial charge in [-0.25, -0.2) is 0 Å². The number of hydrogen-bond acceptors (Lipinski definition) is 5. The number of rotatable bonds is 7. The van der Waals surface area contributed by atoms with Crippen molar-refractivity contribution in [2.24, 2.45) is 0 Å². The van der Waals surface area contributed by atoms with Crippen LogP contribution in [0.15, 0.2) is 18.2 Å². The molecule has 0 aliphatic carbocycles. The molecule has 1 fully saturated rings. The van der Waals surface area contributed by atoms with E-state index >= 15 is 0 Å². The van der Waals surface area contributed by atoms with Crippen LogP contribution in [0.2, 0.25) is 0 Å². The first-order valence-corrected chi connectivity index (χ1v) is 7.06. The second-order valence-corrected chi connectivity index (χ2v) is 4.78. The summed E-state index contributed by atoms with van der Waals surface area (Å²) >= 11 is 0. The first kappa shape index (κ1) is 21.3. The van der Waals surface area contributed by atoms with E-state index in [9.17, 15) is 0 Å². The molecule has 1 heterocycles. The molecule has 0 radical (unpaired) electrons. The van der Waals surface area contributed by atoms with E-state index in [1.807, 2.05) is 12.1 Å². The van der Waals surface area contributed by atoms with Gasteiger partial charge in [-0.1, -0.05) is 12.1 Å². The topological polar surface area (TPSA) is 43.0 Å². The van der Waals surface area contributed by atoms with E-state index < -0.39 is 0 Å². The van der Waals surface area contributed by atoms with Crippen molar-refractivity contribution in [1.82, 2.24) is 10.2 Å². The standard InChI is InChI=1S/C15H24N2O3.2ClH/c1-18-14-5-3-4-13(15(14)19-2)12-16-6-7-17-8-10-20-11-9-17;;/h3-5,16H,6-12H2,1-2H3;2*1H/p-2. The first-order valence-electron chi connectivity index (χ1n) is 7.06. The Morgan fingerprint density at radius 3 is 2.50 bits per heavy atom. The molecule has 0 unspecified atom stereocenters. The molecule has 0 bridgehead atoms. The molecule has 1 aliphatic heterocycles. The monoisotopic (exact) mass is 350 g/mol. The molecule has 1 saturated heterocycles. The molecule has 0 amide bonds. The van der Waals surface area contributed by atoms with Crippen LogP contribution in [0.4, 0.5) is 0 Å². The van der Waals surface area contributed by atoms with Gasteiger partial charge in [0.15, 0.2) is 11.5 Å². The lowest BCUT2D eigenvalue weighted by Crippen LogP contribution is -3.00. The highest BCUT2D eigenvalue weighted by Gasteiger charge is 2.11. The fraction of sp³-hybridized carbons (Fsp3) is 0.600. The summed E-state index contributed by atoms with van der Waals surface area (Å²) in [4.78, 5) is 2.42. The van der Waals surface area contributed by atoms with Crippen molar-refractivity contribution in [3.63, 3.8) is 0 Å². The SMILES string of the molecule is COc1cccc(CNCCN2CCOCC2)c1OC.[Cl-].[Cl-]. The van der Waals surface area contributed by atoms with Crippen LogP contribution in [-0.4, -0.2) is 58.5 Å². The van der Waals surface area contributed by atoms with E-state index in [1.54, 1.807) is 14.2 Å². The zero-order valence-corrected chi connectivity index (χ0v) is 14.6. The van der Waals surface area contributed by atoms with Crippen molar-refractivity contribution < 1.29 is 39.0 Å². The second kappa shape index (κ2) is 11.8. The molecule has 0 saturated carbocycles. The van der Waals surface area contributed by atoms with Crippen LogP contribution in [0, 0.1) is 0 Å². The molecule has 128 valence electrons. The smallest absolute Gasteiger partial charge is 0.165 e. The number of hydrogen-bond donors (Lipinski definition) is 1. The highest BCUT2D eigenvalue weighted by molar-refractivity contribution is 5.46. The Hall–Kier alpha value is -0.720. The molecule has 1 aliphatic rings. The number of morpholine rings is 1. The van der Waals surface area contributed by atoms with Crippen molar-refractivity contribution in [2.45, 2.75) is 6.54 Å². The number of nitrogens with one attached hydrogen (secondary N) is 1. The van der Waals surface area contributed by atoms with Crippen LogP contribution >= 0.6 is 0 Å². The third-order valence-corrected chi connectivity index (χ3v) is 3.51. The summed E-state index contributed by atoms with van der Waals surface area (Å²) in [5, 5.41) is 3.46. The Bertz CT molecular complexity index is 416. The van der Waals surface area contributed by atoms with Gasteiger partial charge in [0, 0.05) is 38.3 Å². The average Bonchev–Trinajstić information content (AvgIpc) is 2.52. The summed E-state index contributed by atoms with van der Waals surface area (Å²) in [5.74, 6) is 1.59. The van der Waals surface area contributed by atoms with E-state index in [1.165, 1.54) is 0 Å². The van der Waals surface area contributed by atoms with E-state index in [2.05, 4.69) is 16.3 Å². The summed E-state index contributed by atoms with van der Waals surface area (Å²) in [7, 11) is 3.34. The number of methoxy groups -OCH3 is 2. The minimum atomic E-state index is 0. The summed E-state index contributed by atoms with van der Waals surface area (Å²) in [5.41, 5.74) is 1.12. The Balaban J connectivity index is 0.00000220. The minimum Gasteiger partial charge on any atom is -1.00 e. The number of ether oxygens (including phenoxy) is 3. The van der Waals surface area contributed by atoms with Crippen molar-refractivity contribution in [3.8, 4) is 11.5 Å². The predicted octanol–water partition coefficient (Wildman–Crippen LogP) is -4.87. The lowest BCUT2D eigenvalue weighted by molar-refractivity contribution is -0.00100. The summed E-state index contributed by atoms with van der Waals surface area (Å²) in [6.07, 6.45) is 0. The second-order valence-electron chi connectivity index (χ2n) is 4.78. The van der Waals surface area contributed by atoms with Gasteiger partial charge in [0.05, 0.1) is 27.4 Å². The highest BCUT2D eigenvalue weighted by Crippen LogP contribution is 2.30. The minimum absolute atomic E-state index is 0. The van der Waals surface area contributed by atoms with E-state index in [4.69, 9.17) is 14.2 Å². The van der Waals surface area contributed by atoms with Gasteiger partial charge in [-0.15, -0.1) is 0 Å². The predicted molar refractivity (Wildman–Crippen MR) is 78.5 cm³/mol. The van der Waals surface area contributed by atoms with Gasteiger partial charge in [-0.2, -0.15) is 0 Å². The molecule has 0 atom stereocenters. The lowest BCUT2D eigenvalue weighted by atomic mass is 10.2. The summed E-state index contributed by atoms with van der Waals surface area (Å²) in [6.45, 7) is 6.56. The van der Waals surface area contributed by atoms with Crippen molar-refractivity contribution in [1.29, 1.82) is 0 Å². The fourth-order valence-electron chi connectivity index (χ4n) is 2.38. The maximum atomic E-state index is 5.42. The summed E-state index contributed by atoms with van der Waals surface area (Å²) in [6, 6.07) is 5.96. The number of benzene rings is 1. The van der Waals surface area contributed by atoms with Crippen LogP contribution in [0.3, 0.4) is 0 Å². The number of para-hydroxylation sites is 1. The quantitative estimate of drug-likeness (QED) is 0.499. The average molecular weight is 351 g/mol. The zero-order chi connectivity index (χ0) is 14.2. The molecule has 7 heteroatoms. The van der Waals surface area contributed by atoms with Crippen molar-refractivity contribution in [2.75, 3.05) is 53.6 Å². The maximum absolute atomic E-state index is 5.42. The molecule has 22 heavy (non-hydrogen) atoms. The van der Waals surface area contributed by atoms with Crippen molar-refractivity contribution in [3.05, 3.63) is 23.8 Å². The van der Waals surface area contributed by atoms with Crippen LogP contribution in [0.1, 0.15) is 5.56 Å². The summed E-state index contributed by atoms with van der Waals surface area (Å²) < 4.78 is 16.1. The molecular weight excluding hydrogens is 327 g/mol. The van der Waals surface area contributed by atoms with E-state index in [-0.39, 0.29) is 24.8 Å². The van der Waals surface area contributed by atoms with Gasteiger partial charge in [-0.05, 0) is 6.07 Å². The van der Waals surface area contributed by atoms with E-state index in [0.29, 0.717) is 0 Å². The molecule has 0 aromatic heterocycles. The lowest BCUT2D eigenvalue weighted by Gasteiger charge is -2.26. The Morgan fingerprint density at radius 1 is 1.14 bits per heavy atom. The van der Waals surface area contributed by atoms with Gasteiger partial charge in [0.25, 0.3) is 0 Å². The van der Waals surface area contributed by atoms with Gasteiger partial charge in [0.1, 0.15) is 0 Å². The normalized spacial score (nSPS) is 14.6. The molecule has 1 aromatic rings. The van der Waals surface area contributed by atoms with E-state index in [0.717, 1.165) is 63.0 Å². The van der Waals surface area contributed by atoms with Gasteiger partial charge < -0.3 is 44.3 Å². The van der Waals surface area contributed by atoms with Crippen LogP contribution in [-0.2, 0) is 11.3 Å². The maximum Gasteiger partial charge on any atom is 0.165 e. The number of halogens is 2. The van der Waals surface area contributed by atoms with Gasteiger partial charge in [-0.3, -0.25) is 4.90 Å². The Labute approximate surface area is 145 Å². The van der Waals surface area contributed by atoms with Crippen LogP contribution in [0.5, 0.6) is 11.5 Å². The molecular formula is C15H24Cl2N2O3-2. The zero-order valence-electron chi connectivity index (χ0n) is 13.1.